The molecule has 0 aliphatic carbocycles. The molecule has 4 heteroatoms. The average Bonchev–Trinajstić information content (AvgIpc) is 1.97. The van der Waals surface area contributed by atoms with Crippen LogP contribution in [-0.4, -0.2) is 30.2 Å². The summed E-state index contributed by atoms with van der Waals surface area (Å²) in [7, 11) is 0. The fraction of sp³-hybridized carbons (Fsp3) is 1.00. The van der Waals surface area contributed by atoms with Gasteiger partial charge in [-0.3, -0.25) is 0 Å². The van der Waals surface area contributed by atoms with Crippen LogP contribution in [0.4, 0.5) is 0 Å². The number of rotatable bonds is 6. The molecule has 0 radical (unpaired) electrons. The SMILES string of the molecule is CC(OCCBr)OCCBr. The van der Waals surface area contributed by atoms with Crippen molar-refractivity contribution in [2.75, 3.05) is 23.9 Å². The highest BCUT2D eigenvalue weighted by atomic mass is 79.9. The maximum atomic E-state index is 5.20. The lowest BCUT2D eigenvalue weighted by Gasteiger charge is -2.11. The lowest BCUT2D eigenvalue weighted by molar-refractivity contribution is -0.121. The normalized spacial score (nSPS) is 10.8. The minimum absolute atomic E-state index is 0.0879. The summed E-state index contributed by atoms with van der Waals surface area (Å²) >= 11 is 6.51. The Labute approximate surface area is 78.5 Å². The molecule has 2 nitrogen and oxygen atoms in total. The van der Waals surface area contributed by atoms with E-state index >= 15 is 0 Å². The zero-order valence-electron chi connectivity index (χ0n) is 5.98. The maximum Gasteiger partial charge on any atom is 0.154 e. The van der Waals surface area contributed by atoms with Crippen LogP contribution in [0.3, 0.4) is 0 Å². The van der Waals surface area contributed by atoms with E-state index in [1.165, 1.54) is 0 Å². The Hall–Kier alpha value is 0.880. The lowest BCUT2D eigenvalue weighted by atomic mass is 10.7. The molecule has 0 aromatic rings. The van der Waals surface area contributed by atoms with Crippen LogP contribution in [0.5, 0.6) is 0 Å². The van der Waals surface area contributed by atoms with Crippen molar-refractivity contribution in [2.24, 2.45) is 0 Å². The Kier molecular flexibility index (Phi) is 8.68. The first-order valence-corrected chi connectivity index (χ1v) is 5.40. The van der Waals surface area contributed by atoms with Crippen LogP contribution < -0.4 is 0 Å². The van der Waals surface area contributed by atoms with Gasteiger partial charge >= 0.3 is 0 Å². The third-order valence-corrected chi connectivity index (χ3v) is 1.51. The van der Waals surface area contributed by atoms with Gasteiger partial charge in [-0.2, -0.15) is 0 Å². The van der Waals surface area contributed by atoms with E-state index in [2.05, 4.69) is 31.9 Å². The van der Waals surface area contributed by atoms with Gasteiger partial charge in [0.05, 0.1) is 13.2 Å². The van der Waals surface area contributed by atoms with E-state index in [4.69, 9.17) is 9.47 Å². The van der Waals surface area contributed by atoms with Crippen molar-refractivity contribution < 1.29 is 9.47 Å². The molecule has 0 atom stereocenters. The molecule has 62 valence electrons. The number of alkyl halides is 2. The molecule has 0 saturated carbocycles. The maximum absolute atomic E-state index is 5.20. The van der Waals surface area contributed by atoms with Crippen molar-refractivity contribution in [3.05, 3.63) is 0 Å². The van der Waals surface area contributed by atoms with Crippen molar-refractivity contribution in [2.45, 2.75) is 13.2 Å². The van der Waals surface area contributed by atoms with Crippen LogP contribution in [0.15, 0.2) is 0 Å². The van der Waals surface area contributed by atoms with Crippen LogP contribution >= 0.6 is 31.9 Å². The molecule has 0 spiro atoms. The van der Waals surface area contributed by atoms with Crippen molar-refractivity contribution >= 4 is 31.9 Å². The van der Waals surface area contributed by atoms with E-state index in [9.17, 15) is 0 Å². The number of ether oxygens (including phenoxy) is 2. The summed E-state index contributed by atoms with van der Waals surface area (Å²) in [6.45, 7) is 3.29. The first-order chi connectivity index (χ1) is 4.81. The summed E-state index contributed by atoms with van der Waals surface area (Å²) in [6, 6.07) is 0. The number of hydrogen-bond acceptors (Lipinski definition) is 2. The lowest BCUT2D eigenvalue weighted by Crippen LogP contribution is -2.15. The van der Waals surface area contributed by atoms with Crippen molar-refractivity contribution in [1.29, 1.82) is 0 Å². The highest BCUT2D eigenvalue weighted by Gasteiger charge is 1.98. The molecule has 0 aromatic carbocycles. The Balaban J connectivity index is 3.00. The van der Waals surface area contributed by atoms with Gasteiger partial charge in [-0.1, -0.05) is 31.9 Å². The first kappa shape index (κ1) is 10.9. The van der Waals surface area contributed by atoms with Crippen LogP contribution in [0.25, 0.3) is 0 Å². The van der Waals surface area contributed by atoms with Gasteiger partial charge in [-0.25, -0.2) is 0 Å². The first-order valence-electron chi connectivity index (χ1n) is 3.16. The monoisotopic (exact) mass is 274 g/mol. The van der Waals surface area contributed by atoms with Crippen molar-refractivity contribution in [1.82, 2.24) is 0 Å². The molecule has 0 amide bonds. The quantitative estimate of drug-likeness (QED) is 0.546. The molecule has 0 heterocycles. The summed E-state index contributed by atoms with van der Waals surface area (Å²) in [5, 5.41) is 1.71. The summed E-state index contributed by atoms with van der Waals surface area (Å²) in [4.78, 5) is 0. The molecule has 0 fully saturated rings. The zero-order chi connectivity index (χ0) is 7.82. The van der Waals surface area contributed by atoms with Gasteiger partial charge in [0.2, 0.25) is 0 Å². The molecular weight excluding hydrogens is 264 g/mol. The third-order valence-electron chi connectivity index (χ3n) is 0.859. The van der Waals surface area contributed by atoms with Crippen molar-refractivity contribution in [3.8, 4) is 0 Å². The molecule has 0 aromatic heterocycles. The van der Waals surface area contributed by atoms with E-state index in [0.717, 1.165) is 10.7 Å². The van der Waals surface area contributed by atoms with Crippen LogP contribution in [0.1, 0.15) is 6.92 Å². The number of hydrogen-bond donors (Lipinski definition) is 0. The van der Waals surface area contributed by atoms with E-state index in [0.29, 0.717) is 13.2 Å². The highest BCUT2D eigenvalue weighted by Crippen LogP contribution is 1.95. The molecule has 0 bridgehead atoms. The van der Waals surface area contributed by atoms with Crippen LogP contribution in [-0.2, 0) is 9.47 Å². The van der Waals surface area contributed by atoms with E-state index in [1.807, 2.05) is 6.92 Å². The predicted molar refractivity (Wildman–Crippen MR) is 49.0 cm³/mol. The van der Waals surface area contributed by atoms with Crippen molar-refractivity contribution in [3.63, 3.8) is 0 Å². The van der Waals surface area contributed by atoms with Gasteiger partial charge in [0, 0.05) is 10.7 Å². The fourth-order valence-electron chi connectivity index (χ4n) is 0.469. The van der Waals surface area contributed by atoms with Gasteiger partial charge in [0.15, 0.2) is 6.29 Å². The summed E-state index contributed by atoms with van der Waals surface area (Å²) in [5.41, 5.74) is 0. The molecule has 0 unspecified atom stereocenters. The second-order valence-corrected chi connectivity index (χ2v) is 3.27. The van der Waals surface area contributed by atoms with Gasteiger partial charge in [0.25, 0.3) is 0 Å². The van der Waals surface area contributed by atoms with E-state index in [-0.39, 0.29) is 6.29 Å². The van der Waals surface area contributed by atoms with Crippen LogP contribution in [0, 0.1) is 0 Å². The molecule has 0 aliphatic heterocycles. The van der Waals surface area contributed by atoms with E-state index in [1.54, 1.807) is 0 Å². The smallest absolute Gasteiger partial charge is 0.154 e. The molecule has 0 saturated heterocycles. The average molecular weight is 276 g/mol. The zero-order valence-corrected chi connectivity index (χ0v) is 9.15. The number of halogens is 2. The summed E-state index contributed by atoms with van der Waals surface area (Å²) in [5.74, 6) is 0. The largest absolute Gasteiger partial charge is 0.352 e. The highest BCUT2D eigenvalue weighted by molar-refractivity contribution is 9.09. The van der Waals surface area contributed by atoms with Gasteiger partial charge in [0.1, 0.15) is 0 Å². The minimum Gasteiger partial charge on any atom is -0.352 e. The van der Waals surface area contributed by atoms with Gasteiger partial charge in [-0.15, -0.1) is 0 Å². The standard InChI is InChI=1S/C6H12Br2O2/c1-6(9-4-2-7)10-5-3-8/h6H,2-5H2,1H3. The predicted octanol–water partition coefficient (Wildman–Crippen LogP) is 2.16. The second-order valence-electron chi connectivity index (χ2n) is 1.69. The van der Waals surface area contributed by atoms with Crippen LogP contribution in [0.2, 0.25) is 0 Å². The Bertz CT molecular complexity index is 62.8. The summed E-state index contributed by atoms with van der Waals surface area (Å²) in [6.07, 6.45) is -0.0879. The summed E-state index contributed by atoms with van der Waals surface area (Å²) < 4.78 is 10.4. The Morgan fingerprint density at radius 1 is 1.10 bits per heavy atom. The molecular formula is C6H12Br2O2. The van der Waals surface area contributed by atoms with E-state index < -0.39 is 0 Å². The minimum atomic E-state index is -0.0879. The molecule has 10 heavy (non-hydrogen) atoms. The Morgan fingerprint density at radius 2 is 1.50 bits per heavy atom. The topological polar surface area (TPSA) is 18.5 Å². The molecule has 0 N–H and O–H groups in total. The van der Waals surface area contributed by atoms with Gasteiger partial charge < -0.3 is 9.47 Å². The Morgan fingerprint density at radius 3 is 1.80 bits per heavy atom. The molecule has 0 aliphatic rings. The van der Waals surface area contributed by atoms with Gasteiger partial charge in [-0.05, 0) is 6.92 Å². The third kappa shape index (κ3) is 6.99. The molecule has 0 rings (SSSR count). The fourth-order valence-corrected chi connectivity index (χ4v) is 0.843. The second kappa shape index (κ2) is 7.98.